The van der Waals surface area contributed by atoms with Crippen LogP contribution in [0.4, 0.5) is 5.69 Å². The molecule has 0 radical (unpaired) electrons. The van der Waals surface area contributed by atoms with Crippen LogP contribution in [0.15, 0.2) is 4.79 Å². The van der Waals surface area contributed by atoms with Crippen LogP contribution in [0.5, 0.6) is 0 Å². The van der Waals surface area contributed by atoms with Crippen LogP contribution in [0.25, 0.3) is 0 Å². The zero-order valence-corrected chi connectivity index (χ0v) is 8.51. The van der Waals surface area contributed by atoms with Crippen molar-refractivity contribution in [3.05, 3.63) is 36.7 Å². The molecule has 0 aliphatic heterocycles. The monoisotopic (exact) mass is 216 g/mol. The third-order valence-corrected chi connectivity index (χ3v) is 2.38. The maximum Gasteiger partial charge on any atom is 0.352 e. The standard InChI is InChI=1S/C8H9ClN2O3/c1-3-5-4(2)10-8(12)7(6(5)9)11(13)14/h3H2,1-2H3,(H,10,12). The van der Waals surface area contributed by atoms with Crippen molar-refractivity contribution in [2.24, 2.45) is 0 Å². The minimum absolute atomic E-state index is 0.0567. The van der Waals surface area contributed by atoms with Gasteiger partial charge in [0, 0.05) is 5.69 Å². The Kier molecular flexibility index (Phi) is 2.90. The molecule has 14 heavy (non-hydrogen) atoms. The largest absolute Gasteiger partial charge is 0.352 e. The molecule has 1 heterocycles. The van der Waals surface area contributed by atoms with Crippen molar-refractivity contribution in [2.75, 3.05) is 0 Å². The molecule has 0 saturated carbocycles. The Morgan fingerprint density at radius 3 is 2.57 bits per heavy atom. The molecule has 6 heteroatoms. The summed E-state index contributed by atoms with van der Waals surface area (Å²) in [5, 5.41) is 10.5. The lowest BCUT2D eigenvalue weighted by Gasteiger charge is -2.04. The van der Waals surface area contributed by atoms with Crippen molar-refractivity contribution in [2.45, 2.75) is 20.3 Å². The van der Waals surface area contributed by atoms with Gasteiger partial charge in [0.1, 0.15) is 5.02 Å². The van der Waals surface area contributed by atoms with Gasteiger partial charge in [-0.2, -0.15) is 0 Å². The molecule has 5 nitrogen and oxygen atoms in total. The van der Waals surface area contributed by atoms with Gasteiger partial charge in [0.25, 0.3) is 0 Å². The molecule has 0 amide bonds. The Morgan fingerprint density at radius 2 is 2.14 bits per heavy atom. The van der Waals surface area contributed by atoms with Crippen LogP contribution in [0.1, 0.15) is 18.2 Å². The minimum atomic E-state index is -0.764. The average molecular weight is 217 g/mol. The van der Waals surface area contributed by atoms with Gasteiger partial charge in [0.15, 0.2) is 0 Å². The van der Waals surface area contributed by atoms with E-state index in [0.29, 0.717) is 17.7 Å². The van der Waals surface area contributed by atoms with Crippen LogP contribution in [0.3, 0.4) is 0 Å². The third-order valence-electron chi connectivity index (χ3n) is 1.98. The van der Waals surface area contributed by atoms with E-state index in [9.17, 15) is 14.9 Å². The van der Waals surface area contributed by atoms with Gasteiger partial charge in [0.05, 0.1) is 4.92 Å². The number of aryl methyl sites for hydroxylation is 1. The minimum Gasteiger partial charge on any atom is -0.320 e. The van der Waals surface area contributed by atoms with Gasteiger partial charge >= 0.3 is 11.2 Å². The maximum absolute atomic E-state index is 11.2. The molecule has 0 fully saturated rings. The van der Waals surface area contributed by atoms with Crippen molar-refractivity contribution >= 4 is 17.3 Å². The Labute approximate surface area is 84.9 Å². The van der Waals surface area contributed by atoms with E-state index in [1.54, 1.807) is 6.92 Å². The number of aromatic amines is 1. The number of halogens is 1. The second kappa shape index (κ2) is 3.79. The Balaban J connectivity index is 3.60. The van der Waals surface area contributed by atoms with E-state index in [-0.39, 0.29) is 5.02 Å². The predicted octanol–water partition coefficient (Wildman–Crippen LogP) is 1.81. The van der Waals surface area contributed by atoms with E-state index in [2.05, 4.69) is 4.98 Å². The molecule has 0 spiro atoms. The number of H-pyrrole nitrogens is 1. The van der Waals surface area contributed by atoms with E-state index in [1.165, 1.54) is 0 Å². The van der Waals surface area contributed by atoms with Crippen LogP contribution < -0.4 is 5.56 Å². The predicted molar refractivity (Wildman–Crippen MR) is 52.8 cm³/mol. The first-order valence-electron chi connectivity index (χ1n) is 4.04. The fourth-order valence-electron chi connectivity index (χ4n) is 1.30. The van der Waals surface area contributed by atoms with E-state index >= 15 is 0 Å². The Hall–Kier alpha value is -1.36. The fourth-order valence-corrected chi connectivity index (χ4v) is 1.73. The van der Waals surface area contributed by atoms with Gasteiger partial charge in [-0.25, -0.2) is 0 Å². The first-order chi connectivity index (χ1) is 6.49. The Bertz CT molecular complexity index is 439. The summed E-state index contributed by atoms with van der Waals surface area (Å²) >= 11 is 5.75. The highest BCUT2D eigenvalue weighted by atomic mass is 35.5. The molecule has 1 aromatic heterocycles. The summed E-state index contributed by atoms with van der Waals surface area (Å²) in [7, 11) is 0. The quantitative estimate of drug-likeness (QED) is 0.605. The maximum atomic E-state index is 11.2. The smallest absolute Gasteiger partial charge is 0.320 e. The first-order valence-corrected chi connectivity index (χ1v) is 4.42. The summed E-state index contributed by atoms with van der Waals surface area (Å²) in [6, 6.07) is 0. The number of aromatic nitrogens is 1. The molecule has 1 N–H and O–H groups in total. The molecule has 1 aromatic rings. The van der Waals surface area contributed by atoms with Gasteiger partial charge in [-0.1, -0.05) is 18.5 Å². The molecule has 1 rings (SSSR count). The fraction of sp³-hybridized carbons (Fsp3) is 0.375. The van der Waals surface area contributed by atoms with Crippen molar-refractivity contribution in [1.29, 1.82) is 0 Å². The second-order valence-electron chi connectivity index (χ2n) is 2.83. The van der Waals surface area contributed by atoms with Gasteiger partial charge in [0.2, 0.25) is 0 Å². The molecule has 76 valence electrons. The highest BCUT2D eigenvalue weighted by molar-refractivity contribution is 6.33. The van der Waals surface area contributed by atoms with Crippen molar-refractivity contribution in [3.8, 4) is 0 Å². The lowest BCUT2D eigenvalue weighted by molar-refractivity contribution is -0.386. The van der Waals surface area contributed by atoms with E-state index in [1.807, 2.05) is 6.92 Å². The number of nitrogens with one attached hydrogen (secondary N) is 1. The highest BCUT2D eigenvalue weighted by Gasteiger charge is 2.22. The molecule has 0 aliphatic rings. The topological polar surface area (TPSA) is 76.0 Å². The number of rotatable bonds is 2. The lowest BCUT2D eigenvalue weighted by Crippen LogP contribution is -2.15. The van der Waals surface area contributed by atoms with Crippen molar-refractivity contribution in [1.82, 2.24) is 4.98 Å². The number of hydrogen-bond acceptors (Lipinski definition) is 3. The van der Waals surface area contributed by atoms with E-state index in [4.69, 9.17) is 11.6 Å². The van der Waals surface area contributed by atoms with Crippen LogP contribution in [-0.2, 0) is 6.42 Å². The number of hydrogen-bond donors (Lipinski definition) is 1. The zero-order chi connectivity index (χ0) is 10.9. The van der Waals surface area contributed by atoms with Crippen molar-refractivity contribution in [3.63, 3.8) is 0 Å². The van der Waals surface area contributed by atoms with E-state index in [0.717, 1.165) is 0 Å². The molecule has 0 bridgehead atoms. The van der Waals surface area contributed by atoms with Crippen LogP contribution in [0, 0.1) is 17.0 Å². The third kappa shape index (κ3) is 1.63. The molecule has 0 atom stereocenters. The van der Waals surface area contributed by atoms with Crippen molar-refractivity contribution < 1.29 is 4.92 Å². The normalized spacial score (nSPS) is 10.2. The van der Waals surface area contributed by atoms with Crippen LogP contribution in [0.2, 0.25) is 5.02 Å². The number of pyridine rings is 1. The molecule has 0 unspecified atom stereocenters. The summed E-state index contributed by atoms with van der Waals surface area (Å²) in [4.78, 5) is 23.3. The highest BCUT2D eigenvalue weighted by Crippen LogP contribution is 2.25. The second-order valence-corrected chi connectivity index (χ2v) is 3.21. The van der Waals surface area contributed by atoms with Gasteiger partial charge < -0.3 is 4.98 Å². The summed E-state index contributed by atoms with van der Waals surface area (Å²) < 4.78 is 0. The van der Waals surface area contributed by atoms with Gasteiger partial charge in [-0.3, -0.25) is 14.9 Å². The van der Waals surface area contributed by atoms with E-state index < -0.39 is 16.2 Å². The van der Waals surface area contributed by atoms with Gasteiger partial charge in [-0.15, -0.1) is 0 Å². The lowest BCUT2D eigenvalue weighted by atomic mass is 10.1. The molecule has 0 aromatic carbocycles. The van der Waals surface area contributed by atoms with Gasteiger partial charge in [-0.05, 0) is 18.9 Å². The summed E-state index contributed by atoms with van der Waals surface area (Å²) in [6.45, 7) is 3.48. The average Bonchev–Trinajstić information content (AvgIpc) is 2.02. The number of nitro groups is 1. The summed E-state index contributed by atoms with van der Waals surface area (Å²) in [5.41, 5.74) is -0.144. The molecular formula is C8H9ClN2O3. The molecular weight excluding hydrogens is 208 g/mol. The first kappa shape index (κ1) is 10.7. The number of nitrogens with zero attached hydrogens (tertiary/aromatic N) is 1. The summed E-state index contributed by atoms with van der Waals surface area (Å²) in [6.07, 6.45) is 0.544. The SMILES string of the molecule is CCc1c(C)[nH]c(=O)c([N+](=O)[O-])c1Cl. The molecule has 0 saturated heterocycles. The zero-order valence-electron chi connectivity index (χ0n) is 7.76. The Morgan fingerprint density at radius 1 is 1.57 bits per heavy atom. The summed E-state index contributed by atoms with van der Waals surface area (Å²) in [5.74, 6) is 0. The molecule has 0 aliphatic carbocycles. The van der Waals surface area contributed by atoms with Crippen LogP contribution >= 0.6 is 11.6 Å². The van der Waals surface area contributed by atoms with Crippen LogP contribution in [-0.4, -0.2) is 9.91 Å².